The number of carbonyl (C=O) groups excluding carboxylic acids is 1. The second kappa shape index (κ2) is 22.6. The van der Waals surface area contributed by atoms with Crippen LogP contribution in [0.25, 0.3) is 0 Å². The minimum absolute atomic E-state index is 0.229. The number of rotatable bonds is 18. The van der Waals surface area contributed by atoms with E-state index in [-0.39, 0.29) is 19.4 Å². The molecule has 1 atom stereocenters. The summed E-state index contributed by atoms with van der Waals surface area (Å²) in [5, 5.41) is 33.7. The van der Waals surface area contributed by atoms with Gasteiger partial charge in [-0.3, -0.25) is 14.4 Å². The highest BCUT2D eigenvalue weighted by molar-refractivity contribution is 5.76. The Morgan fingerprint density at radius 1 is 0.724 bits per heavy atom. The smallest absolute Gasteiger partial charge is 0.306 e. The van der Waals surface area contributed by atoms with Crippen LogP contribution in [0, 0.1) is 0 Å². The number of carboxylic acids is 2. The first-order valence-electron chi connectivity index (χ1n) is 10.7. The third-order valence-corrected chi connectivity index (χ3v) is 4.18. The number of ether oxygens (including phenoxy) is 1. The first-order valence-corrected chi connectivity index (χ1v) is 10.7. The second-order valence-corrected chi connectivity index (χ2v) is 7.09. The van der Waals surface area contributed by atoms with Gasteiger partial charge in [-0.2, -0.15) is 0 Å². The van der Waals surface area contributed by atoms with E-state index in [2.05, 4.69) is 11.7 Å². The lowest BCUT2D eigenvalue weighted by Crippen LogP contribution is -2.22. The van der Waals surface area contributed by atoms with Gasteiger partial charge in [0.1, 0.15) is 12.7 Å². The first-order chi connectivity index (χ1) is 13.8. The Kier molecular flexibility index (Phi) is 23.0. The number of carboxylic acid groups (broad SMARTS) is 2. The molecule has 0 rings (SSSR count). The third-order valence-electron chi connectivity index (χ3n) is 4.18. The standard InChI is InChI=1S/C14H28O2.C7H12O6/c1-2-3-4-5-6-7-8-9-10-11-12-13-14(15)16;8-3-5(9)4-13-7(12)2-1-6(10)11/h2-13H2,1H3,(H,15,16);5,8-9H,1-4H2,(H,10,11). The molecule has 8 nitrogen and oxygen atoms in total. The fraction of sp³-hybridized carbons (Fsp3) is 0.857. The summed E-state index contributed by atoms with van der Waals surface area (Å²) < 4.78 is 4.43. The molecule has 1 unspecified atom stereocenters. The van der Waals surface area contributed by atoms with Gasteiger partial charge in [-0.15, -0.1) is 0 Å². The van der Waals surface area contributed by atoms with Crippen molar-refractivity contribution in [3.05, 3.63) is 0 Å². The van der Waals surface area contributed by atoms with Crippen LogP contribution in [0.15, 0.2) is 0 Å². The average molecular weight is 421 g/mol. The predicted octanol–water partition coefficient (Wildman–Crippen LogP) is 3.52. The lowest BCUT2D eigenvalue weighted by atomic mass is 10.1. The highest BCUT2D eigenvalue weighted by Gasteiger charge is 2.09. The van der Waals surface area contributed by atoms with E-state index in [9.17, 15) is 14.4 Å². The Morgan fingerprint density at radius 2 is 1.17 bits per heavy atom. The maximum atomic E-state index is 10.7. The van der Waals surface area contributed by atoms with Crippen molar-refractivity contribution < 1.29 is 39.5 Å². The first kappa shape index (κ1) is 29.5. The number of hydrogen-bond acceptors (Lipinski definition) is 6. The topological polar surface area (TPSA) is 141 Å². The molecule has 0 aromatic carbocycles. The van der Waals surface area contributed by atoms with Crippen molar-refractivity contribution in [1.82, 2.24) is 0 Å². The fourth-order valence-corrected chi connectivity index (χ4v) is 2.46. The number of hydrogen-bond donors (Lipinski definition) is 4. The summed E-state index contributed by atoms with van der Waals surface area (Å²) in [6.45, 7) is 1.44. The van der Waals surface area contributed by atoms with Gasteiger partial charge in [0.05, 0.1) is 19.4 Å². The molecule has 0 heterocycles. The molecular formula is C21H40O8. The van der Waals surface area contributed by atoms with Crippen molar-refractivity contribution >= 4 is 17.9 Å². The zero-order valence-corrected chi connectivity index (χ0v) is 17.8. The molecule has 0 saturated heterocycles. The van der Waals surface area contributed by atoms with Crippen molar-refractivity contribution in [2.75, 3.05) is 13.2 Å². The molecule has 0 bridgehead atoms. The molecular weight excluding hydrogens is 380 g/mol. The number of esters is 1. The molecule has 0 aliphatic heterocycles. The number of aliphatic hydroxyl groups excluding tert-OH is 2. The summed E-state index contributed by atoms with van der Waals surface area (Å²) in [6.07, 6.45) is 12.7. The molecule has 0 aliphatic carbocycles. The molecule has 0 aromatic heterocycles. The number of aliphatic hydroxyl groups is 2. The van der Waals surface area contributed by atoms with E-state index in [4.69, 9.17) is 20.4 Å². The largest absolute Gasteiger partial charge is 0.481 e. The molecule has 0 aliphatic rings. The zero-order valence-electron chi connectivity index (χ0n) is 17.8. The van der Waals surface area contributed by atoms with Crippen molar-refractivity contribution in [2.45, 2.75) is 103 Å². The molecule has 0 radical (unpaired) electrons. The average Bonchev–Trinajstić information content (AvgIpc) is 2.68. The second-order valence-electron chi connectivity index (χ2n) is 7.09. The Morgan fingerprint density at radius 3 is 1.59 bits per heavy atom. The van der Waals surface area contributed by atoms with E-state index in [1.54, 1.807) is 0 Å². The van der Waals surface area contributed by atoms with Crippen molar-refractivity contribution in [1.29, 1.82) is 0 Å². The number of aliphatic carboxylic acids is 2. The SMILES string of the molecule is CCCCCCCCCCCCCC(=O)O.O=C(O)CCC(=O)OCC(O)CO. The van der Waals surface area contributed by atoms with Crippen LogP contribution in [0.2, 0.25) is 0 Å². The summed E-state index contributed by atoms with van der Waals surface area (Å²) in [6, 6.07) is 0. The Balaban J connectivity index is 0. The zero-order chi connectivity index (χ0) is 22.3. The van der Waals surface area contributed by atoms with E-state index >= 15 is 0 Å². The van der Waals surface area contributed by atoms with Crippen molar-refractivity contribution in [3.63, 3.8) is 0 Å². The molecule has 0 aromatic rings. The Hall–Kier alpha value is -1.67. The molecule has 29 heavy (non-hydrogen) atoms. The van der Waals surface area contributed by atoms with Crippen LogP contribution in [-0.2, 0) is 19.1 Å². The van der Waals surface area contributed by atoms with Gasteiger partial charge >= 0.3 is 17.9 Å². The van der Waals surface area contributed by atoms with Gasteiger partial charge in [-0.05, 0) is 6.42 Å². The number of unbranched alkanes of at least 4 members (excludes halogenated alkanes) is 10. The van der Waals surface area contributed by atoms with Gasteiger partial charge in [0.15, 0.2) is 0 Å². The lowest BCUT2D eigenvalue weighted by molar-refractivity contribution is -0.150. The van der Waals surface area contributed by atoms with E-state index in [1.165, 1.54) is 57.8 Å². The lowest BCUT2D eigenvalue weighted by Gasteiger charge is -2.07. The van der Waals surface area contributed by atoms with Crippen LogP contribution in [0.5, 0.6) is 0 Å². The summed E-state index contributed by atoms with van der Waals surface area (Å²) in [7, 11) is 0. The van der Waals surface area contributed by atoms with Crippen LogP contribution < -0.4 is 0 Å². The van der Waals surface area contributed by atoms with Crippen molar-refractivity contribution in [2.24, 2.45) is 0 Å². The monoisotopic (exact) mass is 420 g/mol. The molecule has 8 heteroatoms. The predicted molar refractivity (Wildman–Crippen MR) is 110 cm³/mol. The molecule has 0 saturated carbocycles. The van der Waals surface area contributed by atoms with Crippen molar-refractivity contribution in [3.8, 4) is 0 Å². The van der Waals surface area contributed by atoms with Gasteiger partial charge in [0.2, 0.25) is 0 Å². The Bertz CT molecular complexity index is 411. The van der Waals surface area contributed by atoms with Gasteiger partial charge in [0, 0.05) is 6.42 Å². The van der Waals surface area contributed by atoms with Crippen LogP contribution in [0.1, 0.15) is 96.8 Å². The van der Waals surface area contributed by atoms with E-state index in [0.29, 0.717) is 6.42 Å². The van der Waals surface area contributed by atoms with E-state index in [1.807, 2.05) is 0 Å². The van der Waals surface area contributed by atoms with E-state index in [0.717, 1.165) is 12.8 Å². The minimum atomic E-state index is -1.10. The molecule has 0 fully saturated rings. The molecule has 4 N–H and O–H groups in total. The third kappa shape index (κ3) is 28.6. The minimum Gasteiger partial charge on any atom is -0.481 e. The van der Waals surface area contributed by atoms with Crippen LogP contribution in [0.4, 0.5) is 0 Å². The van der Waals surface area contributed by atoms with Crippen LogP contribution >= 0.6 is 0 Å². The Labute approximate surface area is 174 Å². The fourth-order valence-electron chi connectivity index (χ4n) is 2.46. The summed E-state index contributed by atoms with van der Waals surface area (Å²) >= 11 is 0. The maximum Gasteiger partial charge on any atom is 0.306 e. The van der Waals surface area contributed by atoms with Crippen LogP contribution in [0.3, 0.4) is 0 Å². The molecule has 0 amide bonds. The van der Waals surface area contributed by atoms with Gasteiger partial charge in [0.25, 0.3) is 0 Å². The van der Waals surface area contributed by atoms with Crippen LogP contribution in [-0.4, -0.2) is 57.7 Å². The summed E-state index contributed by atoms with van der Waals surface area (Å²) in [5.41, 5.74) is 0. The summed E-state index contributed by atoms with van der Waals surface area (Å²) in [4.78, 5) is 31.0. The highest BCUT2D eigenvalue weighted by Crippen LogP contribution is 2.11. The quantitative estimate of drug-likeness (QED) is 0.195. The number of carbonyl (C=O) groups is 3. The van der Waals surface area contributed by atoms with E-state index < -0.39 is 30.6 Å². The normalized spacial score (nSPS) is 11.3. The van der Waals surface area contributed by atoms with Gasteiger partial charge in [-0.1, -0.05) is 71.1 Å². The molecule has 0 spiro atoms. The molecule has 172 valence electrons. The summed E-state index contributed by atoms with van der Waals surface area (Å²) in [5.74, 6) is -2.44. The maximum absolute atomic E-state index is 10.7. The van der Waals surface area contributed by atoms with Gasteiger partial charge in [-0.25, -0.2) is 0 Å². The highest BCUT2D eigenvalue weighted by atomic mass is 16.5. The van der Waals surface area contributed by atoms with Gasteiger partial charge < -0.3 is 25.2 Å².